The summed E-state index contributed by atoms with van der Waals surface area (Å²) in [5.74, 6) is -0.672. The monoisotopic (exact) mass is 559 g/mol. The zero-order valence-electron chi connectivity index (χ0n) is 22.9. The van der Waals surface area contributed by atoms with Crippen molar-refractivity contribution in [1.29, 1.82) is 0 Å². The second-order valence-corrected chi connectivity index (χ2v) is 13.4. The molecule has 212 valence electrons. The van der Waals surface area contributed by atoms with Gasteiger partial charge in [0.1, 0.15) is 22.1 Å². The topological polar surface area (TPSA) is 114 Å². The number of ether oxygens (including phenoxy) is 1. The molecule has 4 unspecified atom stereocenters. The molecule has 2 fully saturated rings. The van der Waals surface area contributed by atoms with Gasteiger partial charge in [0.15, 0.2) is 0 Å². The summed E-state index contributed by atoms with van der Waals surface area (Å²) in [5.41, 5.74) is 0.596. The van der Waals surface area contributed by atoms with Gasteiger partial charge in [-0.1, -0.05) is 49.2 Å². The molecule has 3 N–H and O–H groups in total. The van der Waals surface area contributed by atoms with Gasteiger partial charge in [0.25, 0.3) is 0 Å². The smallest absolute Gasteiger partial charge is 0.408 e. The van der Waals surface area contributed by atoms with Crippen molar-refractivity contribution in [2.45, 2.75) is 75.3 Å². The number of halogens is 1. The van der Waals surface area contributed by atoms with Crippen LogP contribution in [0.15, 0.2) is 48.5 Å². The van der Waals surface area contributed by atoms with Crippen LogP contribution in [0.5, 0.6) is 0 Å². The molecule has 1 saturated heterocycles. The van der Waals surface area contributed by atoms with Crippen LogP contribution in [-0.4, -0.2) is 57.1 Å². The highest BCUT2D eigenvalue weighted by Crippen LogP contribution is 2.43. The lowest BCUT2D eigenvalue weighted by molar-refractivity contribution is -0.120. The first-order valence-corrected chi connectivity index (χ1v) is 14.5. The number of benzene rings is 2. The van der Waals surface area contributed by atoms with E-state index in [2.05, 4.69) is 10.0 Å². The van der Waals surface area contributed by atoms with E-state index in [1.807, 2.05) is 51.1 Å². The molecule has 1 heterocycles. The highest BCUT2D eigenvalue weighted by molar-refractivity contribution is 7.90. The molecule has 0 spiro atoms. The predicted molar refractivity (Wildman–Crippen MR) is 149 cm³/mol. The van der Waals surface area contributed by atoms with Gasteiger partial charge in [-0.3, -0.25) is 9.69 Å². The van der Waals surface area contributed by atoms with Gasteiger partial charge in [-0.05, 0) is 62.8 Å². The average Bonchev–Trinajstić information content (AvgIpc) is 3.62. The summed E-state index contributed by atoms with van der Waals surface area (Å²) in [6, 6.07) is 13.2. The number of carboxylic acid groups (broad SMARTS) is 1. The predicted octanol–water partition coefficient (Wildman–Crippen LogP) is 5.02. The second-order valence-electron chi connectivity index (χ2n) is 11.5. The van der Waals surface area contributed by atoms with E-state index in [0.717, 1.165) is 29.7 Å². The molecule has 1 aliphatic heterocycles. The standard InChI is InChI=1S/C29H38FN3O5S/c1-28(2,3)39(37)32-29(15-14-19-10-11-19,20-8-6-5-7-9-20)21-12-13-23(30)24(16-21)31-26(34)25-17-22(38-4)18-33(25)27(35)36/h5-9,12-13,16,19,22,25,32H,10-11,14-15,17-18H2,1-4H3,(H,31,34)(H,35,36). The molecule has 4 rings (SSSR count). The Balaban J connectivity index is 1.73. The van der Waals surface area contributed by atoms with Crippen LogP contribution >= 0.6 is 0 Å². The van der Waals surface area contributed by atoms with Crippen molar-refractivity contribution >= 4 is 29.0 Å². The van der Waals surface area contributed by atoms with E-state index >= 15 is 4.39 Å². The van der Waals surface area contributed by atoms with E-state index in [0.29, 0.717) is 17.9 Å². The minimum Gasteiger partial charge on any atom is -0.598 e. The fourth-order valence-electron chi connectivity index (χ4n) is 5.02. The molecule has 0 radical (unpaired) electrons. The number of hydrogen-bond acceptors (Lipinski definition) is 5. The first kappa shape index (κ1) is 29.3. The van der Waals surface area contributed by atoms with Gasteiger partial charge in [0.2, 0.25) is 5.91 Å². The molecular weight excluding hydrogens is 521 g/mol. The van der Waals surface area contributed by atoms with Crippen molar-refractivity contribution in [3.8, 4) is 0 Å². The van der Waals surface area contributed by atoms with Crippen LogP contribution in [0.1, 0.15) is 64.0 Å². The summed E-state index contributed by atoms with van der Waals surface area (Å²) < 4.78 is 36.8. The number of nitrogens with one attached hydrogen (secondary N) is 2. The summed E-state index contributed by atoms with van der Waals surface area (Å²) in [5, 5.41) is 12.2. The summed E-state index contributed by atoms with van der Waals surface area (Å²) in [7, 11) is 1.47. The Morgan fingerprint density at radius 2 is 1.85 bits per heavy atom. The minimum atomic E-state index is -1.46. The van der Waals surface area contributed by atoms with Crippen molar-refractivity contribution in [2.75, 3.05) is 19.0 Å². The first-order chi connectivity index (χ1) is 18.4. The first-order valence-electron chi connectivity index (χ1n) is 13.3. The SMILES string of the molecule is COC1CC(C(=O)Nc2cc(C(CCC3CC3)(N[S+]([O-])C(C)(C)C)c3ccccc3)ccc2F)N(C(=O)O)C1. The number of anilines is 1. The molecule has 2 aromatic rings. The Bertz CT molecular complexity index is 1170. The van der Waals surface area contributed by atoms with E-state index in [-0.39, 0.29) is 18.7 Å². The number of methoxy groups -OCH3 is 1. The zero-order chi connectivity index (χ0) is 28.4. The van der Waals surface area contributed by atoms with Crippen LogP contribution < -0.4 is 10.0 Å². The van der Waals surface area contributed by atoms with Gasteiger partial charge in [-0.25, -0.2) is 9.18 Å². The minimum absolute atomic E-state index is 0.0567. The van der Waals surface area contributed by atoms with E-state index in [4.69, 9.17) is 4.74 Å². The summed E-state index contributed by atoms with van der Waals surface area (Å²) >= 11 is -1.46. The third kappa shape index (κ3) is 6.74. The van der Waals surface area contributed by atoms with Crippen molar-refractivity contribution in [3.63, 3.8) is 0 Å². The third-order valence-electron chi connectivity index (χ3n) is 7.58. The van der Waals surface area contributed by atoms with Crippen LogP contribution in [0.3, 0.4) is 0 Å². The highest BCUT2D eigenvalue weighted by atomic mass is 32.2. The number of hydrogen-bond donors (Lipinski definition) is 3. The summed E-state index contributed by atoms with van der Waals surface area (Å²) in [4.78, 5) is 26.0. The number of carbonyl (C=O) groups is 2. The molecule has 39 heavy (non-hydrogen) atoms. The van der Waals surface area contributed by atoms with E-state index in [9.17, 15) is 19.2 Å². The van der Waals surface area contributed by atoms with Crippen LogP contribution in [-0.2, 0) is 26.4 Å². The van der Waals surface area contributed by atoms with Gasteiger partial charge in [0, 0.05) is 24.9 Å². The maximum absolute atomic E-state index is 15.1. The van der Waals surface area contributed by atoms with Gasteiger partial charge in [-0.2, -0.15) is 0 Å². The largest absolute Gasteiger partial charge is 0.598 e. The fourth-order valence-corrected chi connectivity index (χ4v) is 5.98. The lowest BCUT2D eigenvalue weighted by Gasteiger charge is -2.39. The van der Waals surface area contributed by atoms with Crippen LogP contribution in [0.25, 0.3) is 0 Å². The fraction of sp³-hybridized carbons (Fsp3) is 0.517. The highest BCUT2D eigenvalue weighted by Gasteiger charge is 2.44. The molecule has 2 amide bonds. The molecule has 1 saturated carbocycles. The second kappa shape index (κ2) is 11.8. The maximum atomic E-state index is 15.1. The lowest BCUT2D eigenvalue weighted by Crippen LogP contribution is -2.52. The molecule has 2 aliphatic rings. The molecular formula is C29H38FN3O5S. The normalized spacial score (nSPS) is 21.8. The average molecular weight is 560 g/mol. The number of amides is 2. The van der Waals surface area contributed by atoms with Gasteiger partial charge >= 0.3 is 6.09 Å². The maximum Gasteiger partial charge on any atom is 0.408 e. The van der Waals surface area contributed by atoms with Gasteiger partial charge in [-0.15, -0.1) is 4.72 Å². The summed E-state index contributed by atoms with van der Waals surface area (Å²) in [6.07, 6.45) is 2.36. The lowest BCUT2D eigenvalue weighted by atomic mass is 9.79. The van der Waals surface area contributed by atoms with Gasteiger partial charge in [0.05, 0.1) is 18.3 Å². The zero-order valence-corrected chi connectivity index (χ0v) is 23.7. The number of nitrogens with zero attached hydrogens (tertiary/aromatic N) is 1. The Morgan fingerprint density at radius 1 is 1.15 bits per heavy atom. The Labute approximate surface area is 232 Å². The Kier molecular flexibility index (Phi) is 8.90. The number of carbonyl (C=O) groups excluding carboxylic acids is 1. The molecule has 10 heteroatoms. The molecule has 1 aliphatic carbocycles. The molecule has 2 aromatic carbocycles. The van der Waals surface area contributed by atoms with E-state index in [1.165, 1.54) is 13.2 Å². The van der Waals surface area contributed by atoms with E-state index < -0.39 is 51.6 Å². The molecule has 0 aromatic heterocycles. The van der Waals surface area contributed by atoms with Gasteiger partial charge < -0.3 is 19.7 Å². The summed E-state index contributed by atoms with van der Waals surface area (Å²) in [6.45, 7) is 5.75. The quantitative estimate of drug-likeness (QED) is 0.353. The number of rotatable bonds is 10. The molecule has 0 bridgehead atoms. The van der Waals surface area contributed by atoms with Crippen LogP contribution in [0.2, 0.25) is 0 Å². The van der Waals surface area contributed by atoms with Crippen LogP contribution in [0, 0.1) is 11.7 Å². The van der Waals surface area contributed by atoms with Crippen molar-refractivity contribution < 1.29 is 28.4 Å². The Morgan fingerprint density at radius 3 is 2.44 bits per heavy atom. The number of likely N-dealkylation sites (tertiary alicyclic amines) is 1. The van der Waals surface area contributed by atoms with Crippen molar-refractivity contribution in [3.05, 3.63) is 65.5 Å². The van der Waals surface area contributed by atoms with E-state index in [1.54, 1.807) is 12.1 Å². The molecule has 4 atom stereocenters. The van der Waals surface area contributed by atoms with Crippen molar-refractivity contribution in [1.82, 2.24) is 9.62 Å². The van der Waals surface area contributed by atoms with Crippen LogP contribution in [0.4, 0.5) is 14.9 Å². The molecule has 8 nitrogen and oxygen atoms in total. The third-order valence-corrected chi connectivity index (χ3v) is 9.22. The Hall–Kier alpha value is -2.66. The van der Waals surface area contributed by atoms with Crippen molar-refractivity contribution in [2.24, 2.45) is 5.92 Å².